The second-order valence-corrected chi connectivity index (χ2v) is 4.10. The molecular weight excluding hydrogens is 242 g/mol. The van der Waals surface area contributed by atoms with Gasteiger partial charge in [-0.05, 0) is 12.5 Å². The SMILES string of the molecule is CCOc1cc(=O)n2[nH]c(-c3ccccc3)cc2n1. The zero-order chi connectivity index (χ0) is 13.2. The van der Waals surface area contributed by atoms with Gasteiger partial charge in [0.25, 0.3) is 5.56 Å². The predicted molar refractivity (Wildman–Crippen MR) is 72.4 cm³/mol. The molecule has 1 N–H and O–H groups in total. The Labute approximate surface area is 109 Å². The molecule has 2 heterocycles. The Morgan fingerprint density at radius 3 is 2.79 bits per heavy atom. The molecule has 0 aliphatic heterocycles. The number of fused-ring (bicyclic) bond motifs is 1. The van der Waals surface area contributed by atoms with Gasteiger partial charge in [-0.3, -0.25) is 9.89 Å². The van der Waals surface area contributed by atoms with Crippen LogP contribution in [0, 0.1) is 0 Å². The van der Waals surface area contributed by atoms with E-state index in [1.165, 1.54) is 10.6 Å². The molecular formula is C14H13N3O2. The second kappa shape index (κ2) is 4.61. The fourth-order valence-corrected chi connectivity index (χ4v) is 1.96. The zero-order valence-corrected chi connectivity index (χ0v) is 10.5. The van der Waals surface area contributed by atoms with Gasteiger partial charge in [0.15, 0.2) is 5.65 Å². The third kappa shape index (κ3) is 2.10. The smallest absolute Gasteiger partial charge is 0.276 e. The van der Waals surface area contributed by atoms with Crippen molar-refractivity contribution < 1.29 is 4.74 Å². The van der Waals surface area contributed by atoms with E-state index in [1.54, 1.807) is 0 Å². The van der Waals surface area contributed by atoms with Gasteiger partial charge in [-0.15, -0.1) is 0 Å². The van der Waals surface area contributed by atoms with Crippen LogP contribution < -0.4 is 10.3 Å². The molecule has 0 radical (unpaired) electrons. The van der Waals surface area contributed by atoms with Gasteiger partial charge >= 0.3 is 0 Å². The number of rotatable bonds is 3. The number of nitrogens with zero attached hydrogens (tertiary/aromatic N) is 2. The Bertz CT molecular complexity index is 759. The van der Waals surface area contributed by atoms with E-state index in [0.717, 1.165) is 11.3 Å². The van der Waals surface area contributed by atoms with Crippen LogP contribution in [0.1, 0.15) is 6.92 Å². The molecule has 0 aliphatic rings. The minimum absolute atomic E-state index is 0.185. The normalized spacial score (nSPS) is 10.8. The van der Waals surface area contributed by atoms with Crippen molar-refractivity contribution in [2.75, 3.05) is 6.61 Å². The Hall–Kier alpha value is -2.56. The average Bonchev–Trinajstić information content (AvgIpc) is 2.85. The first-order valence-corrected chi connectivity index (χ1v) is 6.09. The molecule has 3 aromatic rings. The van der Waals surface area contributed by atoms with Crippen LogP contribution in [0.2, 0.25) is 0 Å². The van der Waals surface area contributed by atoms with E-state index < -0.39 is 0 Å². The van der Waals surface area contributed by atoms with E-state index in [0.29, 0.717) is 18.1 Å². The molecule has 0 saturated carbocycles. The Kier molecular flexibility index (Phi) is 2.79. The van der Waals surface area contributed by atoms with Crippen molar-refractivity contribution in [2.24, 2.45) is 0 Å². The number of hydrogen-bond donors (Lipinski definition) is 1. The average molecular weight is 255 g/mol. The Morgan fingerprint density at radius 2 is 2.05 bits per heavy atom. The van der Waals surface area contributed by atoms with Crippen LogP contribution in [0.5, 0.6) is 5.88 Å². The molecule has 1 aromatic carbocycles. The summed E-state index contributed by atoms with van der Waals surface area (Å²) < 4.78 is 6.68. The van der Waals surface area contributed by atoms with Crippen molar-refractivity contribution in [3.63, 3.8) is 0 Å². The molecule has 5 nitrogen and oxygen atoms in total. The van der Waals surface area contributed by atoms with Crippen LogP contribution in [0.15, 0.2) is 47.3 Å². The van der Waals surface area contributed by atoms with Crippen LogP contribution in [-0.4, -0.2) is 21.2 Å². The lowest BCUT2D eigenvalue weighted by atomic mass is 10.2. The first-order valence-electron chi connectivity index (χ1n) is 6.09. The van der Waals surface area contributed by atoms with E-state index in [2.05, 4.69) is 10.1 Å². The van der Waals surface area contributed by atoms with Crippen LogP contribution in [-0.2, 0) is 0 Å². The quantitative estimate of drug-likeness (QED) is 0.779. The molecule has 0 bridgehead atoms. The highest BCUT2D eigenvalue weighted by Crippen LogP contribution is 2.18. The van der Waals surface area contributed by atoms with E-state index >= 15 is 0 Å². The van der Waals surface area contributed by atoms with Gasteiger partial charge in [0.2, 0.25) is 5.88 Å². The van der Waals surface area contributed by atoms with Crippen molar-refractivity contribution in [1.29, 1.82) is 0 Å². The third-order valence-corrected chi connectivity index (χ3v) is 2.80. The van der Waals surface area contributed by atoms with Gasteiger partial charge in [0.05, 0.1) is 18.4 Å². The van der Waals surface area contributed by atoms with Gasteiger partial charge < -0.3 is 4.74 Å². The van der Waals surface area contributed by atoms with Gasteiger partial charge in [0.1, 0.15) is 0 Å². The van der Waals surface area contributed by atoms with Crippen LogP contribution in [0.3, 0.4) is 0 Å². The van der Waals surface area contributed by atoms with Crippen molar-refractivity contribution in [3.8, 4) is 17.1 Å². The lowest BCUT2D eigenvalue weighted by Crippen LogP contribution is -2.14. The molecule has 0 saturated heterocycles. The lowest BCUT2D eigenvalue weighted by molar-refractivity contribution is 0.326. The van der Waals surface area contributed by atoms with E-state index in [4.69, 9.17) is 4.74 Å². The van der Waals surface area contributed by atoms with Crippen LogP contribution in [0.4, 0.5) is 0 Å². The highest BCUT2D eigenvalue weighted by atomic mass is 16.5. The fourth-order valence-electron chi connectivity index (χ4n) is 1.96. The molecule has 96 valence electrons. The monoisotopic (exact) mass is 255 g/mol. The zero-order valence-electron chi connectivity index (χ0n) is 10.5. The Morgan fingerprint density at radius 1 is 1.26 bits per heavy atom. The van der Waals surface area contributed by atoms with Crippen molar-refractivity contribution in [2.45, 2.75) is 6.92 Å². The summed E-state index contributed by atoms with van der Waals surface area (Å²) in [5.41, 5.74) is 2.22. The number of benzene rings is 1. The first-order chi connectivity index (χ1) is 9.28. The summed E-state index contributed by atoms with van der Waals surface area (Å²) in [7, 11) is 0. The number of aromatic nitrogens is 3. The molecule has 0 atom stereocenters. The van der Waals surface area contributed by atoms with Gasteiger partial charge in [-0.2, -0.15) is 4.98 Å². The van der Waals surface area contributed by atoms with Crippen LogP contribution >= 0.6 is 0 Å². The molecule has 0 aliphatic carbocycles. The summed E-state index contributed by atoms with van der Waals surface area (Å²) in [4.78, 5) is 16.2. The van der Waals surface area contributed by atoms with E-state index in [-0.39, 0.29) is 5.56 Å². The number of nitrogens with one attached hydrogen (secondary N) is 1. The lowest BCUT2D eigenvalue weighted by Gasteiger charge is -2.00. The summed E-state index contributed by atoms with van der Waals surface area (Å²) in [6.07, 6.45) is 0. The number of ether oxygens (including phenoxy) is 1. The molecule has 3 rings (SSSR count). The number of aromatic amines is 1. The fraction of sp³-hybridized carbons (Fsp3) is 0.143. The standard InChI is InChI=1S/C14H13N3O2/c1-2-19-13-9-14(18)17-12(15-13)8-11(16-17)10-6-4-3-5-7-10/h3-9,16H,2H2,1H3. The molecule has 2 aromatic heterocycles. The van der Waals surface area contributed by atoms with Crippen molar-refractivity contribution in [1.82, 2.24) is 14.6 Å². The number of hydrogen-bond acceptors (Lipinski definition) is 3. The van der Waals surface area contributed by atoms with Gasteiger partial charge in [-0.25, -0.2) is 4.52 Å². The van der Waals surface area contributed by atoms with Gasteiger partial charge in [0, 0.05) is 6.07 Å². The molecule has 19 heavy (non-hydrogen) atoms. The summed E-state index contributed by atoms with van der Waals surface area (Å²) in [5, 5.41) is 3.04. The maximum atomic E-state index is 11.9. The summed E-state index contributed by atoms with van der Waals surface area (Å²) >= 11 is 0. The molecule has 0 amide bonds. The van der Waals surface area contributed by atoms with Crippen molar-refractivity contribution >= 4 is 5.65 Å². The molecule has 0 fully saturated rings. The molecule has 0 unspecified atom stereocenters. The van der Waals surface area contributed by atoms with E-state index in [1.807, 2.05) is 43.3 Å². The first kappa shape index (κ1) is 11.5. The highest BCUT2D eigenvalue weighted by Gasteiger charge is 2.07. The topological polar surface area (TPSA) is 59.4 Å². The largest absolute Gasteiger partial charge is 0.478 e. The second-order valence-electron chi connectivity index (χ2n) is 4.10. The molecule has 5 heteroatoms. The summed E-state index contributed by atoms with van der Waals surface area (Å²) in [6.45, 7) is 2.34. The summed E-state index contributed by atoms with van der Waals surface area (Å²) in [6, 6.07) is 13.0. The third-order valence-electron chi connectivity index (χ3n) is 2.80. The molecule has 0 spiro atoms. The highest BCUT2D eigenvalue weighted by molar-refractivity contribution is 5.63. The Balaban J connectivity index is 2.16. The minimum Gasteiger partial charge on any atom is -0.478 e. The number of H-pyrrole nitrogens is 1. The van der Waals surface area contributed by atoms with Crippen molar-refractivity contribution in [3.05, 3.63) is 52.8 Å². The maximum Gasteiger partial charge on any atom is 0.276 e. The minimum atomic E-state index is -0.185. The van der Waals surface area contributed by atoms with Gasteiger partial charge in [-0.1, -0.05) is 30.3 Å². The predicted octanol–water partition coefficient (Wildman–Crippen LogP) is 2.09. The maximum absolute atomic E-state index is 11.9. The summed E-state index contributed by atoms with van der Waals surface area (Å²) in [5.74, 6) is 0.353. The van der Waals surface area contributed by atoms with E-state index in [9.17, 15) is 4.79 Å². The van der Waals surface area contributed by atoms with Crippen LogP contribution in [0.25, 0.3) is 16.9 Å².